The lowest BCUT2D eigenvalue weighted by molar-refractivity contribution is -0.112. The van der Waals surface area contributed by atoms with E-state index in [2.05, 4.69) is 5.10 Å². The molecule has 0 amide bonds. The van der Waals surface area contributed by atoms with Crippen molar-refractivity contribution in [3.05, 3.63) is 11.8 Å². The molecule has 1 atom stereocenters. The zero-order valence-electron chi connectivity index (χ0n) is 9.74. The van der Waals surface area contributed by atoms with E-state index in [9.17, 15) is 13.6 Å². The smallest absolute Gasteiger partial charge is 0.284 e. The first-order valence-electron chi connectivity index (χ1n) is 5.57. The van der Waals surface area contributed by atoms with Crippen LogP contribution in [0.4, 0.5) is 8.78 Å². The number of halogens is 2. The van der Waals surface area contributed by atoms with Gasteiger partial charge in [0.2, 0.25) is 5.88 Å². The molecule has 0 saturated heterocycles. The molecular weight excluding hydrogens is 230 g/mol. The maximum Gasteiger partial charge on any atom is 0.284 e. The largest absolute Gasteiger partial charge is 0.468 e. The van der Waals surface area contributed by atoms with E-state index in [-0.39, 0.29) is 30.2 Å². The zero-order valence-corrected chi connectivity index (χ0v) is 9.74. The highest BCUT2D eigenvalue weighted by atomic mass is 19.3. The van der Waals surface area contributed by atoms with Crippen LogP contribution in [0, 0.1) is 0 Å². The number of rotatable bonds is 3. The van der Waals surface area contributed by atoms with E-state index in [1.807, 2.05) is 0 Å². The van der Waals surface area contributed by atoms with Crippen molar-refractivity contribution in [2.24, 2.45) is 0 Å². The fourth-order valence-corrected chi connectivity index (χ4v) is 1.80. The van der Waals surface area contributed by atoms with E-state index in [0.29, 0.717) is 6.54 Å². The van der Waals surface area contributed by atoms with Gasteiger partial charge in [0.25, 0.3) is 5.92 Å². The molecule has 0 aromatic carbocycles. The second-order valence-electron chi connectivity index (χ2n) is 4.16. The second kappa shape index (κ2) is 4.09. The van der Waals surface area contributed by atoms with E-state index in [1.165, 1.54) is 24.6 Å². The van der Waals surface area contributed by atoms with Crippen molar-refractivity contribution < 1.29 is 18.3 Å². The number of fused-ring (bicyclic) bond motifs is 1. The molecule has 2 rings (SSSR count). The van der Waals surface area contributed by atoms with Crippen molar-refractivity contribution in [2.45, 2.75) is 45.3 Å². The highest BCUT2D eigenvalue weighted by Crippen LogP contribution is 2.32. The van der Waals surface area contributed by atoms with Crippen LogP contribution in [-0.2, 0) is 6.54 Å². The van der Waals surface area contributed by atoms with Crippen molar-refractivity contribution in [2.75, 3.05) is 0 Å². The number of aromatic nitrogens is 2. The van der Waals surface area contributed by atoms with Crippen molar-refractivity contribution in [1.29, 1.82) is 0 Å². The van der Waals surface area contributed by atoms with Gasteiger partial charge in [-0.25, -0.2) is 13.5 Å². The lowest BCUT2D eigenvalue weighted by Crippen LogP contribution is -2.41. The van der Waals surface area contributed by atoms with E-state index in [0.717, 1.165) is 0 Å². The maximum atomic E-state index is 13.5. The Hall–Kier alpha value is -1.46. The van der Waals surface area contributed by atoms with Crippen LogP contribution in [0.25, 0.3) is 0 Å². The fraction of sp³-hybridized carbons (Fsp3) is 0.636. The van der Waals surface area contributed by atoms with Gasteiger partial charge in [0.05, 0.1) is 0 Å². The molecule has 17 heavy (non-hydrogen) atoms. The fourth-order valence-electron chi connectivity index (χ4n) is 1.80. The molecule has 1 aliphatic heterocycles. The molecule has 0 spiro atoms. The number of Topliss-reactive ketones (excluding diaryl/α,β-unsaturated/α-hetero) is 1. The monoisotopic (exact) mass is 244 g/mol. The molecule has 6 heteroatoms. The van der Waals surface area contributed by atoms with Gasteiger partial charge in [-0.3, -0.25) is 4.79 Å². The van der Waals surface area contributed by atoms with Gasteiger partial charge in [0, 0.05) is 32.4 Å². The Bertz CT molecular complexity index is 443. The first-order chi connectivity index (χ1) is 7.94. The molecule has 1 aromatic heterocycles. The predicted molar refractivity (Wildman–Crippen MR) is 56.5 cm³/mol. The van der Waals surface area contributed by atoms with Crippen molar-refractivity contribution >= 4 is 5.78 Å². The van der Waals surface area contributed by atoms with Crippen LogP contribution in [0.3, 0.4) is 0 Å². The Morgan fingerprint density at radius 3 is 3.00 bits per heavy atom. The number of carbonyl (C=O) groups is 1. The second-order valence-corrected chi connectivity index (χ2v) is 4.16. The van der Waals surface area contributed by atoms with Gasteiger partial charge in [-0.2, -0.15) is 5.10 Å². The third-order valence-electron chi connectivity index (χ3n) is 2.91. The first kappa shape index (κ1) is 12.0. The summed E-state index contributed by atoms with van der Waals surface area (Å²) in [6.07, 6.45) is -1.19. The number of hydrogen-bond donors (Lipinski definition) is 0. The third kappa shape index (κ3) is 2.16. The van der Waals surface area contributed by atoms with Gasteiger partial charge in [-0.15, -0.1) is 0 Å². The number of ketones is 1. The van der Waals surface area contributed by atoms with Crippen LogP contribution in [0.1, 0.15) is 37.2 Å². The normalized spacial score (nSPS) is 19.6. The quantitative estimate of drug-likeness (QED) is 0.766. The summed E-state index contributed by atoms with van der Waals surface area (Å²) in [4.78, 5) is 11.1. The molecule has 0 aliphatic carbocycles. The van der Waals surface area contributed by atoms with Crippen molar-refractivity contribution in [1.82, 2.24) is 9.78 Å². The molecule has 4 nitrogen and oxygen atoms in total. The lowest BCUT2D eigenvalue weighted by Gasteiger charge is -2.30. The molecule has 0 unspecified atom stereocenters. The lowest BCUT2D eigenvalue weighted by atomic mass is 10.1. The SMILES string of the molecule is CCC(F)(F)[C@@H]1CCn2nc(C(C)=O)cc2O1. The summed E-state index contributed by atoms with van der Waals surface area (Å²) < 4.78 is 33.6. The molecule has 0 N–H and O–H groups in total. The van der Waals surface area contributed by atoms with Crippen molar-refractivity contribution in [3.8, 4) is 5.88 Å². The summed E-state index contributed by atoms with van der Waals surface area (Å²) in [6.45, 7) is 3.16. The molecule has 0 radical (unpaired) electrons. The van der Waals surface area contributed by atoms with Gasteiger partial charge in [0.15, 0.2) is 11.9 Å². The summed E-state index contributed by atoms with van der Waals surface area (Å²) in [7, 11) is 0. The molecule has 0 bridgehead atoms. The number of aryl methyl sites for hydroxylation is 1. The van der Waals surface area contributed by atoms with E-state index in [1.54, 1.807) is 0 Å². The summed E-state index contributed by atoms with van der Waals surface area (Å²) in [5, 5.41) is 3.99. The third-order valence-corrected chi connectivity index (χ3v) is 2.91. The summed E-state index contributed by atoms with van der Waals surface area (Å²) in [5.41, 5.74) is 0.250. The minimum Gasteiger partial charge on any atom is -0.468 e. The number of hydrogen-bond acceptors (Lipinski definition) is 3. The van der Waals surface area contributed by atoms with Crippen LogP contribution in [0.5, 0.6) is 5.88 Å². The van der Waals surface area contributed by atoms with E-state index >= 15 is 0 Å². The Balaban J connectivity index is 2.21. The van der Waals surface area contributed by atoms with Crippen LogP contribution in [0.2, 0.25) is 0 Å². The van der Waals surface area contributed by atoms with Gasteiger partial charge >= 0.3 is 0 Å². The highest BCUT2D eigenvalue weighted by molar-refractivity contribution is 5.92. The van der Waals surface area contributed by atoms with Gasteiger partial charge in [-0.1, -0.05) is 6.92 Å². The Morgan fingerprint density at radius 1 is 1.71 bits per heavy atom. The zero-order chi connectivity index (χ0) is 12.6. The molecule has 0 fully saturated rings. The highest BCUT2D eigenvalue weighted by Gasteiger charge is 2.41. The maximum absolute atomic E-state index is 13.5. The van der Waals surface area contributed by atoms with Crippen LogP contribution in [0.15, 0.2) is 6.07 Å². The van der Waals surface area contributed by atoms with E-state index < -0.39 is 12.0 Å². The summed E-state index contributed by atoms with van der Waals surface area (Å²) >= 11 is 0. The van der Waals surface area contributed by atoms with Crippen molar-refractivity contribution in [3.63, 3.8) is 0 Å². The number of nitrogens with zero attached hydrogens (tertiary/aromatic N) is 2. The topological polar surface area (TPSA) is 44.1 Å². The van der Waals surface area contributed by atoms with Gasteiger partial charge < -0.3 is 4.74 Å². The average molecular weight is 244 g/mol. The van der Waals surface area contributed by atoms with Crippen LogP contribution < -0.4 is 4.74 Å². The molecular formula is C11H14F2N2O2. The van der Waals surface area contributed by atoms with Gasteiger partial charge in [-0.05, 0) is 0 Å². The van der Waals surface area contributed by atoms with E-state index in [4.69, 9.17) is 4.74 Å². The number of ether oxygens (including phenoxy) is 1. The summed E-state index contributed by atoms with van der Waals surface area (Å²) in [6, 6.07) is 1.42. The minimum atomic E-state index is -2.84. The molecule has 94 valence electrons. The minimum absolute atomic E-state index is 0.200. The summed E-state index contributed by atoms with van der Waals surface area (Å²) in [5.74, 6) is -2.79. The Kier molecular flexibility index (Phi) is 2.89. The molecule has 2 heterocycles. The first-order valence-corrected chi connectivity index (χ1v) is 5.57. The Morgan fingerprint density at radius 2 is 2.41 bits per heavy atom. The molecule has 0 saturated carbocycles. The standard InChI is InChI=1S/C11H14F2N2O2/c1-3-11(12,13)9-4-5-15-10(17-9)6-8(14-15)7(2)16/h6,9H,3-5H2,1-2H3/t9-/m0/s1. The molecule has 1 aromatic rings. The van der Waals surface area contributed by atoms with Crippen LogP contribution >= 0.6 is 0 Å². The number of alkyl halides is 2. The average Bonchev–Trinajstić information content (AvgIpc) is 2.71. The molecule has 1 aliphatic rings. The van der Waals surface area contributed by atoms with Crippen LogP contribution in [-0.4, -0.2) is 27.6 Å². The number of carbonyl (C=O) groups excluding carboxylic acids is 1. The predicted octanol–water partition coefficient (Wildman–Crippen LogP) is 2.28. The Labute approximate surface area is 97.6 Å². The van der Waals surface area contributed by atoms with Gasteiger partial charge in [0.1, 0.15) is 5.69 Å².